The van der Waals surface area contributed by atoms with Gasteiger partial charge < -0.3 is 15.5 Å². The van der Waals surface area contributed by atoms with Crippen molar-refractivity contribution in [2.24, 2.45) is 4.99 Å². The van der Waals surface area contributed by atoms with Crippen molar-refractivity contribution in [1.82, 2.24) is 20.5 Å². The fourth-order valence-corrected chi connectivity index (χ4v) is 5.68. The molecule has 1 aromatic rings. The molecular weight excluding hydrogens is 495 g/mol. The van der Waals surface area contributed by atoms with E-state index in [1.165, 1.54) is 82.0 Å². The van der Waals surface area contributed by atoms with E-state index in [1.807, 2.05) is 0 Å². The molecule has 1 atom stereocenters. The van der Waals surface area contributed by atoms with Crippen LogP contribution in [-0.4, -0.2) is 67.2 Å². The van der Waals surface area contributed by atoms with E-state index in [2.05, 4.69) is 32.7 Å². The Balaban J connectivity index is 0.00000240. The molecule has 1 saturated carbocycles. The molecule has 2 aliphatic heterocycles. The van der Waals surface area contributed by atoms with Crippen LogP contribution in [0.5, 0.6) is 0 Å². The number of anilines is 1. The SMILES string of the molecule is CCNC(=NCCc1csc(N2CCCC2)n1)NC1CCN(C2CCCC2)C1.I. The Morgan fingerprint density at radius 2 is 1.97 bits per heavy atom. The van der Waals surface area contributed by atoms with Gasteiger partial charge in [0.15, 0.2) is 11.1 Å². The van der Waals surface area contributed by atoms with Crippen LogP contribution < -0.4 is 15.5 Å². The Morgan fingerprint density at radius 1 is 1.17 bits per heavy atom. The van der Waals surface area contributed by atoms with Crippen molar-refractivity contribution in [3.05, 3.63) is 11.1 Å². The van der Waals surface area contributed by atoms with Crippen molar-refractivity contribution in [2.45, 2.75) is 70.4 Å². The molecule has 4 rings (SSSR count). The molecular formula is C21H37IN6S. The van der Waals surface area contributed by atoms with Crippen molar-refractivity contribution in [2.75, 3.05) is 44.2 Å². The van der Waals surface area contributed by atoms with E-state index in [9.17, 15) is 0 Å². The van der Waals surface area contributed by atoms with Gasteiger partial charge in [0.25, 0.3) is 0 Å². The number of guanidine groups is 1. The van der Waals surface area contributed by atoms with Gasteiger partial charge in [-0.3, -0.25) is 9.89 Å². The smallest absolute Gasteiger partial charge is 0.191 e. The lowest BCUT2D eigenvalue weighted by Crippen LogP contribution is -2.45. The zero-order valence-corrected chi connectivity index (χ0v) is 20.9. The lowest BCUT2D eigenvalue weighted by Gasteiger charge is -2.24. The summed E-state index contributed by atoms with van der Waals surface area (Å²) in [4.78, 5) is 14.8. The predicted octanol–water partition coefficient (Wildman–Crippen LogP) is 3.48. The van der Waals surface area contributed by atoms with Crippen LogP contribution in [0.3, 0.4) is 0 Å². The highest BCUT2D eigenvalue weighted by Crippen LogP contribution is 2.26. The number of likely N-dealkylation sites (tertiary alicyclic amines) is 1. The molecule has 0 aromatic carbocycles. The third-order valence-electron chi connectivity index (χ3n) is 6.30. The van der Waals surface area contributed by atoms with E-state index in [1.54, 1.807) is 11.3 Å². The van der Waals surface area contributed by atoms with Crippen LogP contribution in [-0.2, 0) is 6.42 Å². The molecule has 29 heavy (non-hydrogen) atoms. The average Bonchev–Trinajstić information content (AvgIpc) is 3.48. The Bertz CT molecular complexity index is 639. The first-order chi connectivity index (χ1) is 13.8. The zero-order valence-electron chi connectivity index (χ0n) is 17.7. The lowest BCUT2D eigenvalue weighted by molar-refractivity contribution is 0.242. The summed E-state index contributed by atoms with van der Waals surface area (Å²) in [7, 11) is 0. The lowest BCUT2D eigenvalue weighted by atomic mass is 10.2. The van der Waals surface area contributed by atoms with Gasteiger partial charge in [0, 0.05) is 63.2 Å². The van der Waals surface area contributed by atoms with Gasteiger partial charge in [-0.05, 0) is 39.0 Å². The van der Waals surface area contributed by atoms with Gasteiger partial charge in [0.05, 0.1) is 5.69 Å². The van der Waals surface area contributed by atoms with E-state index in [0.717, 1.165) is 31.5 Å². The second kappa shape index (κ2) is 11.7. The summed E-state index contributed by atoms with van der Waals surface area (Å²) in [5, 5.41) is 10.5. The largest absolute Gasteiger partial charge is 0.357 e. The van der Waals surface area contributed by atoms with Crippen LogP contribution >= 0.6 is 35.3 Å². The molecule has 2 N–H and O–H groups in total. The number of hydrogen-bond acceptors (Lipinski definition) is 5. The number of nitrogens with zero attached hydrogens (tertiary/aromatic N) is 4. The van der Waals surface area contributed by atoms with Crippen LogP contribution in [0.25, 0.3) is 0 Å². The maximum absolute atomic E-state index is 4.83. The highest BCUT2D eigenvalue weighted by atomic mass is 127. The first-order valence-electron chi connectivity index (χ1n) is 11.3. The maximum Gasteiger partial charge on any atom is 0.191 e. The van der Waals surface area contributed by atoms with Crippen LogP contribution in [0.2, 0.25) is 0 Å². The van der Waals surface area contributed by atoms with Crippen LogP contribution in [0.4, 0.5) is 5.13 Å². The van der Waals surface area contributed by atoms with Crippen molar-refractivity contribution in [1.29, 1.82) is 0 Å². The molecule has 0 radical (unpaired) electrons. The minimum absolute atomic E-state index is 0. The molecule has 3 heterocycles. The van der Waals surface area contributed by atoms with Crippen molar-refractivity contribution in [3.8, 4) is 0 Å². The van der Waals surface area contributed by atoms with Gasteiger partial charge in [0.1, 0.15) is 0 Å². The monoisotopic (exact) mass is 532 g/mol. The second-order valence-electron chi connectivity index (χ2n) is 8.39. The van der Waals surface area contributed by atoms with Crippen LogP contribution in [0.1, 0.15) is 57.6 Å². The molecule has 0 spiro atoms. The topological polar surface area (TPSA) is 55.8 Å². The number of halogens is 1. The van der Waals surface area contributed by atoms with Gasteiger partial charge in [-0.2, -0.15) is 0 Å². The molecule has 164 valence electrons. The third-order valence-corrected chi connectivity index (χ3v) is 7.25. The van der Waals surface area contributed by atoms with Gasteiger partial charge in [-0.15, -0.1) is 35.3 Å². The molecule has 3 fully saturated rings. The molecule has 8 heteroatoms. The van der Waals surface area contributed by atoms with E-state index in [0.29, 0.717) is 6.04 Å². The molecule has 1 aliphatic carbocycles. The average molecular weight is 533 g/mol. The van der Waals surface area contributed by atoms with Gasteiger partial charge >= 0.3 is 0 Å². The summed E-state index contributed by atoms with van der Waals surface area (Å²) < 4.78 is 0. The molecule has 1 aromatic heterocycles. The Morgan fingerprint density at radius 3 is 2.72 bits per heavy atom. The van der Waals surface area contributed by atoms with E-state index >= 15 is 0 Å². The van der Waals surface area contributed by atoms with E-state index in [-0.39, 0.29) is 24.0 Å². The first kappa shape index (κ1) is 23.1. The maximum atomic E-state index is 4.83. The molecule has 6 nitrogen and oxygen atoms in total. The van der Waals surface area contributed by atoms with Gasteiger partial charge in [-0.25, -0.2) is 4.98 Å². The number of rotatable bonds is 7. The van der Waals surface area contributed by atoms with Crippen molar-refractivity contribution >= 4 is 46.4 Å². The number of nitrogens with one attached hydrogen (secondary N) is 2. The van der Waals surface area contributed by atoms with E-state index in [4.69, 9.17) is 9.98 Å². The highest BCUT2D eigenvalue weighted by molar-refractivity contribution is 14.0. The summed E-state index contributed by atoms with van der Waals surface area (Å²) in [6.07, 6.45) is 10.4. The number of thiazole rings is 1. The van der Waals surface area contributed by atoms with E-state index < -0.39 is 0 Å². The van der Waals surface area contributed by atoms with Crippen LogP contribution in [0.15, 0.2) is 10.4 Å². The number of aromatic nitrogens is 1. The summed E-state index contributed by atoms with van der Waals surface area (Å²) in [5.74, 6) is 0.968. The number of aliphatic imine (C=N–C) groups is 1. The summed E-state index contributed by atoms with van der Waals surface area (Å²) >= 11 is 1.78. The highest BCUT2D eigenvalue weighted by Gasteiger charge is 2.30. The molecule has 0 bridgehead atoms. The standard InChI is InChI=1S/C21H36N6S.HI/c1-2-22-20(24-17-10-14-27(15-17)19-7-3-4-8-19)23-11-9-18-16-28-21(25-18)26-12-5-6-13-26;/h16-17,19H,2-15H2,1H3,(H2,22,23,24);1H. The Labute approximate surface area is 197 Å². The fraction of sp³-hybridized carbons (Fsp3) is 0.810. The first-order valence-corrected chi connectivity index (χ1v) is 12.2. The fourth-order valence-electron chi connectivity index (χ4n) is 4.77. The molecule has 3 aliphatic rings. The molecule has 1 unspecified atom stereocenters. The summed E-state index contributed by atoms with van der Waals surface area (Å²) in [6.45, 7) is 8.57. The minimum atomic E-state index is 0. The number of hydrogen-bond donors (Lipinski definition) is 2. The van der Waals surface area contributed by atoms with Crippen LogP contribution in [0, 0.1) is 0 Å². The second-order valence-corrected chi connectivity index (χ2v) is 9.23. The Hall–Kier alpha value is -0.610. The predicted molar refractivity (Wildman–Crippen MR) is 134 cm³/mol. The minimum Gasteiger partial charge on any atom is -0.357 e. The quantitative estimate of drug-likeness (QED) is 0.320. The van der Waals surface area contributed by atoms with Gasteiger partial charge in [-0.1, -0.05) is 12.8 Å². The molecule has 0 amide bonds. The normalized spacial score (nSPS) is 23.6. The molecule has 2 saturated heterocycles. The van der Waals surface area contributed by atoms with Gasteiger partial charge in [0.2, 0.25) is 0 Å². The zero-order chi connectivity index (χ0) is 19.2. The summed E-state index contributed by atoms with van der Waals surface area (Å²) in [5.41, 5.74) is 1.18. The van der Waals surface area contributed by atoms with Crippen molar-refractivity contribution < 1.29 is 0 Å². The summed E-state index contributed by atoms with van der Waals surface area (Å²) in [6, 6.07) is 1.36. The Kier molecular flexibility index (Phi) is 9.30. The third kappa shape index (κ3) is 6.43. The van der Waals surface area contributed by atoms with Crippen molar-refractivity contribution in [3.63, 3.8) is 0 Å².